The van der Waals surface area contributed by atoms with E-state index in [0.717, 1.165) is 5.69 Å². The van der Waals surface area contributed by atoms with Crippen molar-refractivity contribution < 1.29 is 31.1 Å². The zero-order valence-electron chi connectivity index (χ0n) is 17.8. The van der Waals surface area contributed by atoms with Gasteiger partial charge in [-0.1, -0.05) is 29.8 Å². The molecule has 1 heterocycles. The van der Waals surface area contributed by atoms with Crippen LogP contribution in [0.25, 0.3) is 11.3 Å². The van der Waals surface area contributed by atoms with Crippen molar-refractivity contribution in [3.05, 3.63) is 93.8 Å². The summed E-state index contributed by atoms with van der Waals surface area (Å²) in [5.74, 6) is -1.11. The van der Waals surface area contributed by atoms with Gasteiger partial charge in [-0.2, -0.15) is 26.3 Å². The fraction of sp³-hybridized carbons (Fsp3) is 0.0833. The molecule has 0 fully saturated rings. The molecular formula is C24H14ClF6N3OS. The second kappa shape index (κ2) is 9.82. The van der Waals surface area contributed by atoms with E-state index in [1.807, 2.05) is 6.07 Å². The summed E-state index contributed by atoms with van der Waals surface area (Å²) in [5, 5.41) is 8.41. The molecule has 186 valence electrons. The van der Waals surface area contributed by atoms with Gasteiger partial charge in [-0.05, 0) is 48.5 Å². The maximum atomic E-state index is 13.1. The van der Waals surface area contributed by atoms with Crippen molar-refractivity contribution in [2.24, 2.45) is 0 Å². The summed E-state index contributed by atoms with van der Waals surface area (Å²) in [6, 6.07) is 14.0. The molecule has 3 aromatic carbocycles. The number of rotatable bonds is 5. The van der Waals surface area contributed by atoms with E-state index in [4.69, 9.17) is 11.6 Å². The Labute approximate surface area is 209 Å². The van der Waals surface area contributed by atoms with E-state index in [0.29, 0.717) is 33.5 Å². The Morgan fingerprint density at radius 3 is 2.06 bits per heavy atom. The van der Waals surface area contributed by atoms with Gasteiger partial charge in [0.25, 0.3) is 5.91 Å². The molecule has 0 aliphatic rings. The summed E-state index contributed by atoms with van der Waals surface area (Å²) in [5.41, 5.74) is -1.66. The summed E-state index contributed by atoms with van der Waals surface area (Å²) >= 11 is 7.32. The zero-order chi connectivity index (χ0) is 26.1. The molecule has 0 radical (unpaired) electrons. The molecule has 2 N–H and O–H groups in total. The Hall–Kier alpha value is -3.57. The molecular weight excluding hydrogens is 528 g/mol. The van der Waals surface area contributed by atoms with Crippen LogP contribution in [0.1, 0.15) is 21.5 Å². The first-order chi connectivity index (χ1) is 16.9. The van der Waals surface area contributed by atoms with Gasteiger partial charge in [-0.15, -0.1) is 11.3 Å². The van der Waals surface area contributed by atoms with Gasteiger partial charge in [0.2, 0.25) is 0 Å². The molecule has 0 bridgehead atoms. The Morgan fingerprint density at radius 2 is 1.47 bits per heavy atom. The van der Waals surface area contributed by atoms with Crippen LogP contribution in [0.3, 0.4) is 0 Å². The third kappa shape index (κ3) is 6.16. The van der Waals surface area contributed by atoms with Crippen LogP contribution in [-0.2, 0) is 12.4 Å². The van der Waals surface area contributed by atoms with Gasteiger partial charge < -0.3 is 10.6 Å². The van der Waals surface area contributed by atoms with Gasteiger partial charge in [0, 0.05) is 32.9 Å². The van der Waals surface area contributed by atoms with E-state index < -0.39 is 35.0 Å². The average molecular weight is 542 g/mol. The first kappa shape index (κ1) is 25.5. The number of anilines is 3. The lowest BCUT2D eigenvalue weighted by molar-refractivity contribution is -0.143. The molecule has 4 rings (SSSR count). The van der Waals surface area contributed by atoms with Crippen molar-refractivity contribution in [1.29, 1.82) is 0 Å². The zero-order valence-corrected chi connectivity index (χ0v) is 19.4. The predicted molar refractivity (Wildman–Crippen MR) is 127 cm³/mol. The van der Waals surface area contributed by atoms with Crippen molar-refractivity contribution >= 4 is 45.4 Å². The quantitative estimate of drug-likeness (QED) is 0.249. The minimum atomic E-state index is -5.05. The highest BCUT2D eigenvalue weighted by Gasteiger charge is 2.37. The number of amides is 1. The van der Waals surface area contributed by atoms with Gasteiger partial charge in [0.1, 0.15) is 0 Å². The number of hydrogen-bond donors (Lipinski definition) is 2. The number of nitrogens with zero attached hydrogens (tertiary/aromatic N) is 1. The minimum absolute atomic E-state index is 0.0328. The van der Waals surface area contributed by atoms with Crippen LogP contribution < -0.4 is 10.6 Å². The number of nitrogens with one attached hydrogen (secondary N) is 2. The minimum Gasteiger partial charge on any atom is -0.331 e. The van der Waals surface area contributed by atoms with Crippen molar-refractivity contribution in [2.75, 3.05) is 10.6 Å². The van der Waals surface area contributed by atoms with Crippen molar-refractivity contribution in [1.82, 2.24) is 4.98 Å². The Kier molecular flexibility index (Phi) is 6.96. The summed E-state index contributed by atoms with van der Waals surface area (Å²) in [4.78, 5) is 16.9. The van der Waals surface area contributed by atoms with Crippen LogP contribution in [0.15, 0.2) is 72.1 Å². The molecule has 36 heavy (non-hydrogen) atoms. The molecule has 0 spiro atoms. The number of thiazole rings is 1. The van der Waals surface area contributed by atoms with Gasteiger partial charge in [-0.3, -0.25) is 4.79 Å². The smallest absolute Gasteiger partial charge is 0.331 e. The number of carbonyl (C=O) groups is 1. The van der Waals surface area contributed by atoms with E-state index in [9.17, 15) is 31.1 Å². The van der Waals surface area contributed by atoms with Gasteiger partial charge in [0.05, 0.1) is 16.8 Å². The first-order valence-electron chi connectivity index (χ1n) is 10.1. The highest BCUT2D eigenvalue weighted by molar-refractivity contribution is 7.14. The standard InChI is InChI=1S/C24H14ClF6N3OS/c25-17-2-1-3-19(11-17)33-22-34-20(12-36-22)13-4-6-18(7-5-13)32-21(35)14-8-15(23(26,27)28)10-16(9-14)24(29,30)31/h1-12H,(H,32,35)(H,33,34). The lowest BCUT2D eigenvalue weighted by Gasteiger charge is -2.14. The SMILES string of the molecule is O=C(Nc1ccc(-c2csc(Nc3cccc(Cl)c3)n2)cc1)c1cc(C(F)(F)F)cc(C(F)(F)F)c1. The monoisotopic (exact) mass is 541 g/mol. The number of carbonyl (C=O) groups excluding carboxylic acids is 1. The lowest BCUT2D eigenvalue weighted by atomic mass is 10.0. The molecule has 0 saturated heterocycles. The third-order valence-corrected chi connectivity index (χ3v) is 5.86. The fourth-order valence-electron chi connectivity index (χ4n) is 3.17. The predicted octanol–water partition coefficient (Wildman–Crippen LogP) is 8.50. The summed E-state index contributed by atoms with van der Waals surface area (Å²) in [6.45, 7) is 0. The molecule has 0 aliphatic heterocycles. The van der Waals surface area contributed by atoms with E-state index in [2.05, 4.69) is 15.6 Å². The molecule has 0 atom stereocenters. The summed E-state index contributed by atoms with van der Waals surface area (Å²) in [7, 11) is 0. The highest BCUT2D eigenvalue weighted by atomic mass is 35.5. The van der Waals surface area contributed by atoms with Crippen LogP contribution in [0.2, 0.25) is 5.02 Å². The Bertz CT molecular complexity index is 1370. The second-order valence-corrected chi connectivity index (χ2v) is 8.79. The van der Waals surface area contributed by atoms with E-state index in [1.165, 1.54) is 23.5 Å². The first-order valence-corrected chi connectivity index (χ1v) is 11.3. The summed E-state index contributed by atoms with van der Waals surface area (Å²) in [6.07, 6.45) is -10.1. The van der Waals surface area contributed by atoms with E-state index in [1.54, 1.807) is 35.7 Å². The number of alkyl halides is 6. The largest absolute Gasteiger partial charge is 0.416 e. The number of hydrogen-bond acceptors (Lipinski definition) is 4. The van der Waals surface area contributed by atoms with Crippen LogP contribution in [-0.4, -0.2) is 10.9 Å². The molecule has 1 aromatic heterocycles. The van der Waals surface area contributed by atoms with Gasteiger partial charge in [0.15, 0.2) is 5.13 Å². The Balaban J connectivity index is 1.49. The van der Waals surface area contributed by atoms with Gasteiger partial charge in [-0.25, -0.2) is 4.98 Å². The average Bonchev–Trinajstić information content (AvgIpc) is 3.26. The van der Waals surface area contributed by atoms with E-state index >= 15 is 0 Å². The van der Waals surface area contributed by atoms with Crippen LogP contribution >= 0.6 is 22.9 Å². The van der Waals surface area contributed by atoms with Gasteiger partial charge >= 0.3 is 12.4 Å². The normalized spacial score (nSPS) is 11.9. The molecule has 4 nitrogen and oxygen atoms in total. The van der Waals surface area contributed by atoms with Crippen molar-refractivity contribution in [2.45, 2.75) is 12.4 Å². The highest BCUT2D eigenvalue weighted by Crippen LogP contribution is 2.36. The van der Waals surface area contributed by atoms with Crippen LogP contribution in [0, 0.1) is 0 Å². The lowest BCUT2D eigenvalue weighted by Crippen LogP contribution is -2.17. The molecule has 1 amide bonds. The molecule has 0 aliphatic carbocycles. The maximum Gasteiger partial charge on any atom is 0.416 e. The number of halogens is 7. The van der Waals surface area contributed by atoms with Crippen molar-refractivity contribution in [3.63, 3.8) is 0 Å². The summed E-state index contributed by atoms with van der Waals surface area (Å²) < 4.78 is 78.4. The maximum absolute atomic E-state index is 13.1. The third-order valence-electron chi connectivity index (χ3n) is 4.87. The fourth-order valence-corrected chi connectivity index (χ4v) is 4.10. The molecule has 0 unspecified atom stereocenters. The molecule has 0 saturated carbocycles. The number of benzene rings is 3. The molecule has 4 aromatic rings. The van der Waals surface area contributed by atoms with Crippen LogP contribution in [0.4, 0.5) is 42.8 Å². The van der Waals surface area contributed by atoms with E-state index in [-0.39, 0.29) is 11.8 Å². The van der Waals surface area contributed by atoms with Crippen LogP contribution in [0.5, 0.6) is 0 Å². The van der Waals surface area contributed by atoms with Crippen molar-refractivity contribution in [3.8, 4) is 11.3 Å². The molecule has 12 heteroatoms. The second-order valence-electron chi connectivity index (χ2n) is 7.50. The topological polar surface area (TPSA) is 54.0 Å². The Morgan fingerprint density at radius 1 is 0.833 bits per heavy atom. The number of aromatic nitrogens is 1.